The lowest BCUT2D eigenvalue weighted by molar-refractivity contribution is -0.139. The Hall–Kier alpha value is -3.76. The maximum Gasteiger partial charge on any atom is 0.326 e. The van der Waals surface area contributed by atoms with E-state index in [2.05, 4.69) is 15.4 Å². The number of carbonyl (C=O) groups is 2. The van der Waals surface area contributed by atoms with E-state index in [0.717, 1.165) is 18.4 Å². The second-order valence-electron chi connectivity index (χ2n) is 9.59. The summed E-state index contributed by atoms with van der Waals surface area (Å²) in [6.07, 6.45) is 7.71. The fourth-order valence-corrected chi connectivity index (χ4v) is 4.48. The van der Waals surface area contributed by atoms with E-state index in [1.807, 2.05) is 24.7 Å². The maximum absolute atomic E-state index is 13.6. The fourth-order valence-electron chi connectivity index (χ4n) is 4.48. The van der Waals surface area contributed by atoms with Crippen LogP contribution in [-0.4, -0.2) is 51.3 Å². The van der Waals surface area contributed by atoms with Crippen molar-refractivity contribution in [2.75, 3.05) is 6.61 Å². The number of carbonyl (C=O) groups excluding carboxylic acids is 2. The summed E-state index contributed by atoms with van der Waals surface area (Å²) in [6, 6.07) is 2.76. The Labute approximate surface area is 206 Å². The average molecular weight is 500 g/mol. The number of hydrogen-bond donors (Lipinski definition) is 2. The van der Waals surface area contributed by atoms with Crippen LogP contribution in [0.2, 0.25) is 0 Å². The van der Waals surface area contributed by atoms with Gasteiger partial charge in [-0.2, -0.15) is 13.9 Å². The molecule has 2 aromatic heterocycles. The van der Waals surface area contributed by atoms with Gasteiger partial charge in [0.15, 0.2) is 0 Å². The van der Waals surface area contributed by atoms with Crippen molar-refractivity contribution in [1.29, 1.82) is 0 Å². The maximum atomic E-state index is 13.6. The molecule has 3 N–H and O–H groups in total. The van der Waals surface area contributed by atoms with E-state index in [-0.39, 0.29) is 29.9 Å². The molecular formula is C25H27F2N5O4. The van der Waals surface area contributed by atoms with Gasteiger partial charge in [0.1, 0.15) is 12.4 Å². The number of ether oxygens (including phenoxy) is 2. The first-order valence-electron chi connectivity index (χ1n) is 11.9. The molecule has 1 atom stereocenters. The highest BCUT2D eigenvalue weighted by molar-refractivity contribution is 6.06. The lowest BCUT2D eigenvalue weighted by Crippen LogP contribution is -2.33. The Kier molecular flexibility index (Phi) is 6.01. The summed E-state index contributed by atoms with van der Waals surface area (Å²) in [7, 11) is 0. The minimum atomic E-state index is -3.43. The first-order valence-corrected chi connectivity index (χ1v) is 11.9. The minimum Gasteiger partial charge on any atom is -0.490 e. The molecule has 3 aromatic rings. The van der Waals surface area contributed by atoms with Crippen LogP contribution >= 0.6 is 0 Å². The van der Waals surface area contributed by atoms with Gasteiger partial charge in [0.2, 0.25) is 5.88 Å². The van der Waals surface area contributed by atoms with Gasteiger partial charge in [-0.25, -0.2) is 4.98 Å². The number of nitrogens with one attached hydrogen (secondary N) is 1. The van der Waals surface area contributed by atoms with Gasteiger partial charge in [0.25, 0.3) is 11.8 Å². The summed E-state index contributed by atoms with van der Waals surface area (Å²) in [4.78, 5) is 28.2. The first-order chi connectivity index (χ1) is 17.1. The van der Waals surface area contributed by atoms with Crippen molar-refractivity contribution in [1.82, 2.24) is 20.1 Å². The Morgan fingerprint density at radius 2 is 2.06 bits per heavy atom. The smallest absolute Gasteiger partial charge is 0.326 e. The Morgan fingerprint density at radius 3 is 2.67 bits per heavy atom. The zero-order valence-corrected chi connectivity index (χ0v) is 20.0. The molecule has 1 aliphatic heterocycles. The van der Waals surface area contributed by atoms with Crippen LogP contribution < -0.4 is 20.5 Å². The van der Waals surface area contributed by atoms with Crippen LogP contribution in [0.15, 0.2) is 30.7 Å². The topological polar surface area (TPSA) is 121 Å². The number of pyridine rings is 1. The minimum absolute atomic E-state index is 0.161. The Bertz CT molecular complexity index is 1340. The number of fused-ring (bicyclic) bond motifs is 1. The van der Waals surface area contributed by atoms with Crippen LogP contribution in [0.1, 0.15) is 55.9 Å². The summed E-state index contributed by atoms with van der Waals surface area (Å²) in [5.74, 6) is -4.97. The summed E-state index contributed by atoms with van der Waals surface area (Å²) in [5, 5.41) is 7.88. The molecule has 2 amide bonds. The number of benzene rings is 1. The quantitative estimate of drug-likeness (QED) is 0.488. The van der Waals surface area contributed by atoms with Crippen LogP contribution in [0.4, 0.5) is 8.78 Å². The highest BCUT2D eigenvalue weighted by Crippen LogP contribution is 2.39. The standard InChI is InChI=1S/C25H27F2N5O4/c1-13(2)36-21-7-18-17(6-19(21)22(28)33)20(14-9-30-32(11-14)16-4-3-5-16)10-29-23(18)35-12-15-8-25(26,27)24(34)31-15/h6-7,9-11,13,15-16H,3-5,8,12H2,1-2H3,(H2,28,33)(H,31,34)/t15-/m0/s1. The highest BCUT2D eigenvalue weighted by atomic mass is 19.3. The lowest BCUT2D eigenvalue weighted by Gasteiger charge is -2.25. The predicted molar refractivity (Wildman–Crippen MR) is 127 cm³/mol. The molecule has 0 radical (unpaired) electrons. The van der Waals surface area contributed by atoms with Gasteiger partial charge in [-0.05, 0) is 50.6 Å². The molecule has 1 aliphatic carbocycles. The third-order valence-electron chi connectivity index (χ3n) is 6.53. The number of amides is 2. The van der Waals surface area contributed by atoms with Crippen molar-refractivity contribution in [2.45, 2.75) is 63.6 Å². The van der Waals surface area contributed by atoms with Gasteiger partial charge in [-0.1, -0.05) is 0 Å². The number of rotatable bonds is 8. The van der Waals surface area contributed by atoms with Crippen LogP contribution in [0.25, 0.3) is 21.9 Å². The van der Waals surface area contributed by atoms with E-state index >= 15 is 0 Å². The molecule has 1 aromatic carbocycles. The predicted octanol–water partition coefficient (Wildman–Crippen LogP) is 3.61. The number of aromatic nitrogens is 3. The Morgan fingerprint density at radius 1 is 1.28 bits per heavy atom. The SMILES string of the molecule is CC(C)Oc1cc2c(OC[C@@H]3CC(F)(F)C(=O)N3)ncc(-c3cnn(C4CCC4)c3)c2cc1C(N)=O. The number of hydrogen-bond acceptors (Lipinski definition) is 6. The molecule has 2 aliphatic rings. The molecule has 0 spiro atoms. The highest BCUT2D eigenvalue weighted by Gasteiger charge is 2.48. The number of alkyl halides is 2. The molecule has 190 valence electrons. The molecule has 9 nitrogen and oxygen atoms in total. The van der Waals surface area contributed by atoms with Crippen molar-refractivity contribution in [3.05, 3.63) is 36.3 Å². The molecule has 36 heavy (non-hydrogen) atoms. The monoisotopic (exact) mass is 499 g/mol. The van der Waals surface area contributed by atoms with Gasteiger partial charge >= 0.3 is 5.92 Å². The molecular weight excluding hydrogens is 472 g/mol. The largest absolute Gasteiger partial charge is 0.490 e. The average Bonchev–Trinajstić information content (AvgIpc) is 3.33. The number of primary amides is 1. The molecule has 1 saturated carbocycles. The van der Waals surface area contributed by atoms with Gasteiger partial charge < -0.3 is 20.5 Å². The van der Waals surface area contributed by atoms with E-state index in [1.165, 1.54) is 6.42 Å². The molecule has 2 fully saturated rings. The van der Waals surface area contributed by atoms with Gasteiger partial charge in [0, 0.05) is 35.3 Å². The van der Waals surface area contributed by atoms with E-state index in [1.54, 1.807) is 24.5 Å². The molecule has 0 bridgehead atoms. The van der Waals surface area contributed by atoms with Crippen molar-refractivity contribution in [3.8, 4) is 22.8 Å². The second kappa shape index (κ2) is 9.03. The van der Waals surface area contributed by atoms with Crippen molar-refractivity contribution in [3.63, 3.8) is 0 Å². The van der Waals surface area contributed by atoms with E-state index < -0.39 is 30.2 Å². The molecule has 11 heteroatoms. The Balaban J connectivity index is 1.56. The van der Waals surface area contributed by atoms with Gasteiger partial charge in [-0.15, -0.1) is 0 Å². The molecule has 5 rings (SSSR count). The van der Waals surface area contributed by atoms with Crippen molar-refractivity contribution in [2.24, 2.45) is 5.73 Å². The molecule has 0 unspecified atom stereocenters. The summed E-state index contributed by atoms with van der Waals surface area (Å²) in [6.45, 7) is 3.44. The summed E-state index contributed by atoms with van der Waals surface area (Å²) < 4.78 is 40.9. The summed E-state index contributed by atoms with van der Waals surface area (Å²) >= 11 is 0. The van der Waals surface area contributed by atoms with Crippen molar-refractivity contribution >= 4 is 22.6 Å². The lowest BCUT2D eigenvalue weighted by atomic mass is 9.93. The summed E-state index contributed by atoms with van der Waals surface area (Å²) in [5.41, 5.74) is 7.38. The van der Waals surface area contributed by atoms with Gasteiger partial charge in [-0.3, -0.25) is 14.3 Å². The van der Waals surface area contributed by atoms with Crippen LogP contribution in [0.3, 0.4) is 0 Å². The van der Waals surface area contributed by atoms with Crippen molar-refractivity contribution < 1.29 is 27.8 Å². The van der Waals surface area contributed by atoms with E-state index in [9.17, 15) is 18.4 Å². The number of nitrogens with zero attached hydrogens (tertiary/aromatic N) is 3. The van der Waals surface area contributed by atoms with Crippen LogP contribution in [0.5, 0.6) is 11.6 Å². The third kappa shape index (κ3) is 4.45. The van der Waals surface area contributed by atoms with Gasteiger partial charge in [0.05, 0.1) is 29.9 Å². The molecule has 3 heterocycles. The number of halogens is 2. The van der Waals surface area contributed by atoms with E-state index in [0.29, 0.717) is 22.4 Å². The normalized spacial score (nSPS) is 19.4. The van der Waals surface area contributed by atoms with Crippen LogP contribution in [0, 0.1) is 0 Å². The fraction of sp³-hybridized carbons (Fsp3) is 0.440. The zero-order valence-electron chi connectivity index (χ0n) is 20.0. The second-order valence-corrected chi connectivity index (χ2v) is 9.59. The zero-order chi connectivity index (χ0) is 25.6. The third-order valence-corrected chi connectivity index (χ3v) is 6.53. The van der Waals surface area contributed by atoms with Crippen LogP contribution in [-0.2, 0) is 4.79 Å². The van der Waals surface area contributed by atoms with E-state index in [4.69, 9.17) is 15.2 Å². The number of nitrogens with two attached hydrogens (primary N) is 1. The molecule has 1 saturated heterocycles. The first kappa shape index (κ1) is 24.0.